The fraction of sp³-hybridized carbons (Fsp3) is 0.733. The van der Waals surface area contributed by atoms with Crippen LogP contribution in [0.15, 0.2) is 22.8 Å². The lowest BCUT2D eigenvalue weighted by Gasteiger charge is -2.18. The number of furan rings is 1. The van der Waals surface area contributed by atoms with E-state index < -0.39 is 0 Å². The van der Waals surface area contributed by atoms with Gasteiger partial charge in [-0.2, -0.15) is 0 Å². The van der Waals surface area contributed by atoms with Gasteiger partial charge in [0.1, 0.15) is 5.76 Å². The zero-order chi connectivity index (χ0) is 12.5. The second kappa shape index (κ2) is 8.35. The molecule has 0 amide bonds. The SMILES string of the molecule is CCCCC(CC)CC(O)CCc1ccco1. The molecule has 0 aliphatic carbocycles. The van der Waals surface area contributed by atoms with Crippen LogP contribution in [-0.4, -0.2) is 11.2 Å². The molecule has 0 saturated heterocycles. The van der Waals surface area contributed by atoms with Crippen molar-refractivity contribution in [1.82, 2.24) is 0 Å². The Hall–Kier alpha value is -0.760. The van der Waals surface area contributed by atoms with E-state index >= 15 is 0 Å². The molecule has 0 radical (unpaired) electrons. The van der Waals surface area contributed by atoms with E-state index in [9.17, 15) is 5.11 Å². The first-order chi connectivity index (χ1) is 8.26. The Morgan fingerprint density at radius 3 is 2.71 bits per heavy atom. The van der Waals surface area contributed by atoms with Crippen LogP contribution in [-0.2, 0) is 6.42 Å². The monoisotopic (exact) mass is 238 g/mol. The molecule has 2 unspecified atom stereocenters. The highest BCUT2D eigenvalue weighted by Gasteiger charge is 2.13. The summed E-state index contributed by atoms with van der Waals surface area (Å²) >= 11 is 0. The Morgan fingerprint density at radius 1 is 1.29 bits per heavy atom. The van der Waals surface area contributed by atoms with Gasteiger partial charge in [-0.15, -0.1) is 0 Å². The lowest BCUT2D eigenvalue weighted by molar-refractivity contribution is 0.127. The van der Waals surface area contributed by atoms with Crippen molar-refractivity contribution in [3.8, 4) is 0 Å². The van der Waals surface area contributed by atoms with E-state index in [1.54, 1.807) is 6.26 Å². The van der Waals surface area contributed by atoms with Gasteiger partial charge in [-0.05, 0) is 30.9 Å². The van der Waals surface area contributed by atoms with Crippen molar-refractivity contribution in [2.75, 3.05) is 0 Å². The van der Waals surface area contributed by atoms with Crippen LogP contribution >= 0.6 is 0 Å². The smallest absolute Gasteiger partial charge is 0.103 e. The Labute approximate surface area is 105 Å². The highest BCUT2D eigenvalue weighted by atomic mass is 16.3. The van der Waals surface area contributed by atoms with E-state index in [0.717, 1.165) is 25.0 Å². The molecule has 0 spiro atoms. The molecule has 2 nitrogen and oxygen atoms in total. The summed E-state index contributed by atoms with van der Waals surface area (Å²) in [6.45, 7) is 4.44. The van der Waals surface area contributed by atoms with Crippen molar-refractivity contribution in [3.05, 3.63) is 24.2 Å². The third-order valence-corrected chi connectivity index (χ3v) is 3.45. The third kappa shape index (κ3) is 5.92. The number of aryl methyl sites for hydroxylation is 1. The standard InChI is InChI=1S/C15H26O2/c1-3-5-7-13(4-2)12-14(16)9-10-15-8-6-11-17-15/h6,8,11,13-14,16H,3-5,7,9-10,12H2,1-2H3. The second-order valence-corrected chi connectivity index (χ2v) is 4.92. The summed E-state index contributed by atoms with van der Waals surface area (Å²) in [5.41, 5.74) is 0. The summed E-state index contributed by atoms with van der Waals surface area (Å²) in [7, 11) is 0. The van der Waals surface area contributed by atoms with Crippen LogP contribution in [0.3, 0.4) is 0 Å². The van der Waals surface area contributed by atoms with E-state index in [-0.39, 0.29) is 6.10 Å². The molecule has 0 fully saturated rings. The molecule has 2 heteroatoms. The highest BCUT2D eigenvalue weighted by molar-refractivity contribution is 4.98. The molecule has 98 valence electrons. The van der Waals surface area contributed by atoms with Gasteiger partial charge in [-0.25, -0.2) is 0 Å². The minimum absolute atomic E-state index is 0.179. The van der Waals surface area contributed by atoms with E-state index in [0.29, 0.717) is 5.92 Å². The number of rotatable bonds is 9. The lowest BCUT2D eigenvalue weighted by Crippen LogP contribution is -2.14. The van der Waals surface area contributed by atoms with Gasteiger partial charge in [0, 0.05) is 6.42 Å². The Balaban J connectivity index is 2.20. The number of aliphatic hydroxyl groups excluding tert-OH is 1. The summed E-state index contributed by atoms with van der Waals surface area (Å²) < 4.78 is 5.27. The molecule has 17 heavy (non-hydrogen) atoms. The topological polar surface area (TPSA) is 33.4 Å². The summed E-state index contributed by atoms with van der Waals surface area (Å²) in [5.74, 6) is 1.66. The van der Waals surface area contributed by atoms with Gasteiger partial charge < -0.3 is 9.52 Å². The maximum absolute atomic E-state index is 10.0. The molecular weight excluding hydrogens is 212 g/mol. The zero-order valence-electron chi connectivity index (χ0n) is 11.2. The average Bonchev–Trinajstić information content (AvgIpc) is 2.85. The summed E-state index contributed by atoms with van der Waals surface area (Å²) in [5, 5.41) is 10.0. The van der Waals surface area contributed by atoms with Crippen molar-refractivity contribution in [3.63, 3.8) is 0 Å². The Kier molecular flexibility index (Phi) is 7.02. The van der Waals surface area contributed by atoms with Crippen LogP contribution in [0, 0.1) is 5.92 Å². The van der Waals surface area contributed by atoms with E-state index in [1.165, 1.54) is 25.7 Å². The number of aliphatic hydroxyl groups is 1. The van der Waals surface area contributed by atoms with Gasteiger partial charge in [0.15, 0.2) is 0 Å². The number of unbranched alkanes of at least 4 members (excludes halogenated alkanes) is 1. The van der Waals surface area contributed by atoms with E-state index in [1.807, 2.05) is 12.1 Å². The Morgan fingerprint density at radius 2 is 2.12 bits per heavy atom. The van der Waals surface area contributed by atoms with Crippen molar-refractivity contribution >= 4 is 0 Å². The van der Waals surface area contributed by atoms with Gasteiger partial charge >= 0.3 is 0 Å². The maximum Gasteiger partial charge on any atom is 0.103 e. The molecule has 0 bridgehead atoms. The van der Waals surface area contributed by atoms with Gasteiger partial charge in [0.05, 0.1) is 12.4 Å². The number of hydrogen-bond acceptors (Lipinski definition) is 2. The highest BCUT2D eigenvalue weighted by Crippen LogP contribution is 2.20. The fourth-order valence-electron chi connectivity index (χ4n) is 2.25. The largest absolute Gasteiger partial charge is 0.469 e. The number of hydrogen-bond donors (Lipinski definition) is 1. The second-order valence-electron chi connectivity index (χ2n) is 4.92. The fourth-order valence-corrected chi connectivity index (χ4v) is 2.25. The quantitative estimate of drug-likeness (QED) is 0.700. The molecule has 1 rings (SSSR count). The normalized spacial score (nSPS) is 14.8. The van der Waals surface area contributed by atoms with Crippen LogP contribution in [0.5, 0.6) is 0 Å². The van der Waals surface area contributed by atoms with Gasteiger partial charge in [0.2, 0.25) is 0 Å². The van der Waals surface area contributed by atoms with Crippen LogP contribution in [0.2, 0.25) is 0 Å². The van der Waals surface area contributed by atoms with Crippen LogP contribution in [0.25, 0.3) is 0 Å². The minimum atomic E-state index is -0.179. The third-order valence-electron chi connectivity index (χ3n) is 3.45. The first kappa shape index (κ1) is 14.3. The molecular formula is C15H26O2. The Bertz CT molecular complexity index is 266. The molecule has 1 N–H and O–H groups in total. The van der Waals surface area contributed by atoms with Gasteiger partial charge in [-0.1, -0.05) is 39.5 Å². The molecule has 0 saturated carbocycles. The lowest BCUT2D eigenvalue weighted by atomic mass is 9.91. The molecule has 1 aromatic heterocycles. The molecule has 0 aromatic carbocycles. The average molecular weight is 238 g/mol. The zero-order valence-corrected chi connectivity index (χ0v) is 11.2. The van der Waals surface area contributed by atoms with Crippen molar-refractivity contribution < 1.29 is 9.52 Å². The minimum Gasteiger partial charge on any atom is -0.469 e. The summed E-state index contributed by atoms with van der Waals surface area (Å²) in [6, 6.07) is 3.87. The molecule has 0 aliphatic rings. The van der Waals surface area contributed by atoms with Crippen LogP contribution in [0.4, 0.5) is 0 Å². The predicted molar refractivity (Wildman–Crippen MR) is 71.0 cm³/mol. The molecule has 0 aliphatic heterocycles. The summed E-state index contributed by atoms with van der Waals surface area (Å²) in [4.78, 5) is 0. The predicted octanol–water partition coefficient (Wildman–Crippen LogP) is 4.18. The van der Waals surface area contributed by atoms with Crippen molar-refractivity contribution in [1.29, 1.82) is 0 Å². The van der Waals surface area contributed by atoms with Gasteiger partial charge in [0.25, 0.3) is 0 Å². The molecule has 1 heterocycles. The van der Waals surface area contributed by atoms with Crippen molar-refractivity contribution in [2.24, 2.45) is 5.92 Å². The summed E-state index contributed by atoms with van der Waals surface area (Å²) in [6.07, 6.45) is 9.08. The molecule has 2 atom stereocenters. The maximum atomic E-state index is 10.0. The van der Waals surface area contributed by atoms with E-state index in [4.69, 9.17) is 4.42 Å². The van der Waals surface area contributed by atoms with E-state index in [2.05, 4.69) is 13.8 Å². The van der Waals surface area contributed by atoms with Gasteiger partial charge in [-0.3, -0.25) is 0 Å². The van der Waals surface area contributed by atoms with Crippen molar-refractivity contribution in [2.45, 2.75) is 64.9 Å². The van der Waals surface area contributed by atoms with Crippen LogP contribution < -0.4 is 0 Å². The first-order valence-corrected chi connectivity index (χ1v) is 6.96. The molecule has 1 aromatic rings. The first-order valence-electron chi connectivity index (χ1n) is 6.96. The van der Waals surface area contributed by atoms with Crippen LogP contribution in [0.1, 0.15) is 58.1 Å².